The Balaban J connectivity index is 0.00000294. The van der Waals surface area contributed by atoms with Crippen molar-refractivity contribution in [2.45, 2.75) is 16.7 Å². The monoisotopic (exact) mass is 688 g/mol. The number of carboxylic acid groups (broad SMARTS) is 1. The van der Waals surface area contributed by atoms with Crippen LogP contribution in [0.25, 0.3) is 11.8 Å². The second-order valence-corrected chi connectivity index (χ2v) is 10.7. The molecule has 202 valence electrons. The molecule has 0 aliphatic carbocycles. The molecule has 19 heteroatoms. The Hall–Kier alpha value is 0.269. The van der Waals surface area contributed by atoms with E-state index < -0.39 is 58.7 Å². The van der Waals surface area contributed by atoms with Crippen LogP contribution in [0.5, 0.6) is 0 Å². The summed E-state index contributed by atoms with van der Waals surface area (Å²) in [6.45, 7) is 1.56. The van der Waals surface area contributed by atoms with Crippen molar-refractivity contribution in [2.75, 3.05) is 5.01 Å². The number of anilines is 1. The molecule has 0 fully saturated rings. The Labute approximate surface area is 367 Å². The van der Waals surface area contributed by atoms with E-state index in [0.717, 1.165) is 47.2 Å². The number of carbonyl (C=O) groups excluding carboxylic acids is 2. The Bertz CT molecular complexity index is 1880. The number of aliphatic carboxylic acids is 1. The van der Waals surface area contributed by atoms with Crippen molar-refractivity contribution >= 4 is 49.6 Å². The average molecular weight is 689 g/mol. The maximum atomic E-state index is 12.9. The second-order valence-electron chi connectivity index (χ2n) is 7.98. The Morgan fingerprint density at radius 1 is 0.857 bits per heavy atom. The SMILES string of the molecule is Cc1[nH]n(-c2ccc(S(=O)(=O)[O-])cc2)c(=O)c1/C=C/C=C1/C(=O)N(c2ccc(S(=O)(=O)[O-])cc2)N=C1C(=O)[O-].[K+].[K+].[K+]. The molecule has 0 spiro atoms. The molecular weight excluding hydrogens is 674 g/mol. The Morgan fingerprint density at radius 2 is 1.33 bits per heavy atom. The third-order valence-corrected chi connectivity index (χ3v) is 7.17. The quantitative estimate of drug-likeness (QED) is 0.140. The van der Waals surface area contributed by atoms with Crippen molar-refractivity contribution in [1.29, 1.82) is 0 Å². The number of carbonyl (C=O) groups is 2. The first kappa shape index (κ1) is 40.3. The van der Waals surface area contributed by atoms with Gasteiger partial charge in [0.15, 0.2) is 0 Å². The minimum absolute atomic E-state index is 0. The molecule has 42 heavy (non-hydrogen) atoms. The molecule has 2 aromatic carbocycles. The van der Waals surface area contributed by atoms with Crippen molar-refractivity contribution in [1.82, 2.24) is 9.78 Å². The van der Waals surface area contributed by atoms with Gasteiger partial charge in [0.05, 0.1) is 38.3 Å². The summed E-state index contributed by atoms with van der Waals surface area (Å²) < 4.78 is 67.8. The number of benzene rings is 2. The zero-order valence-electron chi connectivity index (χ0n) is 22.6. The largest absolute Gasteiger partial charge is 1.00 e. The molecule has 0 saturated heterocycles. The van der Waals surface area contributed by atoms with E-state index >= 15 is 0 Å². The second kappa shape index (κ2) is 16.2. The molecule has 14 nitrogen and oxygen atoms in total. The van der Waals surface area contributed by atoms with Crippen molar-refractivity contribution in [2.24, 2.45) is 5.10 Å². The first-order valence-corrected chi connectivity index (χ1v) is 13.5. The molecule has 4 rings (SSSR count). The summed E-state index contributed by atoms with van der Waals surface area (Å²) in [6.07, 6.45) is 3.62. The fourth-order valence-corrected chi connectivity index (χ4v) is 4.52. The number of hydrogen-bond acceptors (Lipinski definition) is 11. The van der Waals surface area contributed by atoms with E-state index in [1.54, 1.807) is 6.92 Å². The van der Waals surface area contributed by atoms with Crippen LogP contribution in [0.2, 0.25) is 0 Å². The van der Waals surface area contributed by atoms with Crippen LogP contribution in [0.4, 0.5) is 5.69 Å². The van der Waals surface area contributed by atoms with Crippen LogP contribution in [0.15, 0.2) is 85.9 Å². The number of amides is 1. The summed E-state index contributed by atoms with van der Waals surface area (Å²) in [7, 11) is -9.41. The molecule has 0 atom stereocenters. The number of aromatic nitrogens is 2. The molecule has 2 heterocycles. The zero-order chi connectivity index (χ0) is 28.7. The van der Waals surface area contributed by atoms with Crippen LogP contribution in [0.3, 0.4) is 0 Å². The molecule has 1 amide bonds. The van der Waals surface area contributed by atoms with Crippen LogP contribution >= 0.6 is 0 Å². The summed E-state index contributed by atoms with van der Waals surface area (Å²) >= 11 is 0. The van der Waals surface area contributed by atoms with Gasteiger partial charge in [0, 0.05) is 5.69 Å². The molecule has 3 aromatic rings. The molecule has 1 N–H and O–H groups in total. The predicted molar refractivity (Wildman–Crippen MR) is 131 cm³/mol. The third-order valence-electron chi connectivity index (χ3n) is 5.47. The third kappa shape index (κ3) is 9.17. The molecule has 1 aliphatic rings. The number of rotatable bonds is 7. The first-order valence-electron chi connectivity index (χ1n) is 10.7. The van der Waals surface area contributed by atoms with Crippen molar-refractivity contribution in [3.8, 4) is 5.69 Å². The van der Waals surface area contributed by atoms with Crippen molar-refractivity contribution in [3.63, 3.8) is 0 Å². The van der Waals surface area contributed by atoms with Gasteiger partial charge in [-0.05, 0) is 67.6 Å². The minimum atomic E-state index is -4.74. The summed E-state index contributed by atoms with van der Waals surface area (Å²) in [6, 6.07) is 8.68. The van der Waals surface area contributed by atoms with Gasteiger partial charge in [-0.25, -0.2) is 21.5 Å². The van der Waals surface area contributed by atoms with Crippen molar-refractivity contribution < 1.29 is 195 Å². The van der Waals surface area contributed by atoms with Gasteiger partial charge in [-0.2, -0.15) is 10.1 Å². The number of aromatic amines is 1. The van der Waals surface area contributed by atoms with E-state index in [9.17, 15) is 45.4 Å². The van der Waals surface area contributed by atoms with Gasteiger partial charge in [0.2, 0.25) is 0 Å². The summed E-state index contributed by atoms with van der Waals surface area (Å²) in [5.74, 6) is -2.67. The van der Waals surface area contributed by atoms with Crippen LogP contribution in [0, 0.1) is 6.92 Å². The predicted octanol–water partition coefficient (Wildman–Crippen LogP) is -9.61. The molecule has 0 unspecified atom stereocenters. The van der Waals surface area contributed by atoms with E-state index in [1.807, 2.05) is 0 Å². The van der Waals surface area contributed by atoms with Crippen LogP contribution in [-0.4, -0.2) is 53.3 Å². The number of carboxylic acids is 1. The molecule has 1 aliphatic heterocycles. The summed E-state index contributed by atoms with van der Waals surface area (Å²) in [4.78, 5) is 36.3. The first-order chi connectivity index (χ1) is 18.2. The van der Waals surface area contributed by atoms with Gasteiger partial charge in [-0.15, -0.1) is 0 Å². The van der Waals surface area contributed by atoms with E-state index in [0.29, 0.717) is 10.7 Å². The van der Waals surface area contributed by atoms with E-state index in [4.69, 9.17) is 0 Å². The summed E-state index contributed by atoms with van der Waals surface area (Å²) in [5, 5.41) is 18.8. The van der Waals surface area contributed by atoms with Gasteiger partial charge < -0.3 is 19.0 Å². The molecule has 1 aromatic heterocycles. The standard InChI is InChI=1S/C23H18N4O10S2.3K/c1-13-18(21(28)26(24-13)14-5-9-16(10-6-14)38(32,33)34)3-2-4-19-20(23(30)31)25-27(22(19)29)15-7-11-17(12-8-15)39(35,36)37;;;/h2-12,24H,1H3,(H,30,31)(H,32,33,34)(H,35,36,37);;;/q;3*+1/p-3/b3-2+,19-4+;;;. The Morgan fingerprint density at radius 3 is 1.79 bits per heavy atom. The molecule has 0 bridgehead atoms. The Kier molecular flexibility index (Phi) is 15.5. The fourth-order valence-electron chi connectivity index (χ4n) is 3.58. The number of hydrazone groups is 1. The van der Waals surface area contributed by atoms with Crippen LogP contribution in [-0.2, 0) is 29.8 Å². The van der Waals surface area contributed by atoms with Gasteiger partial charge in [-0.1, -0.05) is 6.08 Å². The van der Waals surface area contributed by atoms with Gasteiger partial charge in [0.25, 0.3) is 11.5 Å². The van der Waals surface area contributed by atoms with Gasteiger partial charge in [-0.3, -0.25) is 14.7 Å². The smallest absolute Gasteiger partial charge is 0.744 e. The maximum absolute atomic E-state index is 12.9. The van der Waals surface area contributed by atoms with Crippen LogP contribution in [0.1, 0.15) is 11.3 Å². The van der Waals surface area contributed by atoms with E-state index in [-0.39, 0.29) is 171 Å². The van der Waals surface area contributed by atoms with Crippen molar-refractivity contribution in [3.05, 3.63) is 87.9 Å². The van der Waals surface area contributed by atoms with E-state index in [1.165, 1.54) is 24.3 Å². The molecule has 0 radical (unpaired) electrons. The fraction of sp³-hybridized carbons (Fsp3) is 0.0435. The topological polar surface area (TPSA) is 225 Å². The maximum Gasteiger partial charge on any atom is 1.00 e. The number of hydrogen-bond donors (Lipinski definition) is 1. The number of nitrogens with one attached hydrogen (secondary N) is 1. The molecule has 0 saturated carbocycles. The number of allylic oxidation sites excluding steroid dienone is 2. The normalized spacial score (nSPS) is 14.3. The van der Waals surface area contributed by atoms with E-state index in [2.05, 4.69) is 10.2 Å². The van der Waals surface area contributed by atoms with Crippen LogP contribution < -0.4 is 170 Å². The average Bonchev–Trinajstić information content (AvgIpc) is 3.34. The zero-order valence-corrected chi connectivity index (χ0v) is 33.6. The summed E-state index contributed by atoms with van der Waals surface area (Å²) in [5.41, 5.74) is -0.971. The number of nitrogens with zero attached hydrogens (tertiary/aromatic N) is 3. The number of aryl methyl sites for hydroxylation is 1. The number of H-pyrrole nitrogens is 1. The van der Waals surface area contributed by atoms with Gasteiger partial charge >= 0.3 is 154 Å². The van der Waals surface area contributed by atoms with Gasteiger partial charge in [0.1, 0.15) is 25.9 Å². The molecular formula is C23H15K3N4O10S2. The minimum Gasteiger partial charge on any atom is -0.744 e.